The zero-order chi connectivity index (χ0) is 21.5. The van der Waals surface area contributed by atoms with Gasteiger partial charge in [0.25, 0.3) is 0 Å². The van der Waals surface area contributed by atoms with Crippen molar-refractivity contribution in [1.82, 2.24) is 24.7 Å². The van der Waals surface area contributed by atoms with Gasteiger partial charge in [0.05, 0.1) is 10.9 Å². The maximum absolute atomic E-state index is 13.1. The van der Waals surface area contributed by atoms with Crippen molar-refractivity contribution < 1.29 is 12.8 Å². The summed E-state index contributed by atoms with van der Waals surface area (Å²) >= 11 is 0. The Morgan fingerprint density at radius 1 is 1.07 bits per heavy atom. The molecular weight excluding hydrogens is 405 g/mol. The fourth-order valence-corrected chi connectivity index (χ4v) is 4.67. The second-order valence-corrected chi connectivity index (χ2v) is 11.3. The Morgan fingerprint density at radius 3 is 2.37 bits per heavy atom. The van der Waals surface area contributed by atoms with Gasteiger partial charge in [-0.05, 0) is 70.7 Å². The SMILES string of the molecule is CC(C)(C)S(=O)(=O)N[C@H]1CC[C@H](c2nc3cnc(-c4ccc(F)cc4)nc3[nH]2)CC1. The van der Waals surface area contributed by atoms with Crippen molar-refractivity contribution in [2.45, 2.75) is 63.2 Å². The van der Waals surface area contributed by atoms with Crippen LogP contribution in [0.4, 0.5) is 4.39 Å². The number of nitrogens with one attached hydrogen (secondary N) is 2. The Bertz CT molecular complexity index is 1140. The standard InChI is InChI=1S/C21H26FN5O2S/c1-21(2,3)30(28,29)27-16-10-6-14(7-11-16)19-24-17-12-23-18(25-20(17)26-19)13-4-8-15(22)9-5-13/h4-5,8-9,12,14,16,27H,6-7,10-11H2,1-3H3,(H,23,24,25,26)/t14-,16-. The second kappa shape index (κ2) is 7.70. The number of halogens is 1. The Kier molecular flexibility index (Phi) is 5.36. The molecule has 0 saturated heterocycles. The van der Waals surface area contributed by atoms with Gasteiger partial charge in [-0.2, -0.15) is 0 Å². The second-order valence-electron chi connectivity index (χ2n) is 8.84. The van der Waals surface area contributed by atoms with Crippen LogP contribution in [-0.4, -0.2) is 39.1 Å². The predicted molar refractivity (Wildman–Crippen MR) is 114 cm³/mol. The minimum absolute atomic E-state index is 0.0419. The van der Waals surface area contributed by atoms with Crippen molar-refractivity contribution in [3.05, 3.63) is 42.1 Å². The number of sulfonamides is 1. The number of fused-ring (bicyclic) bond motifs is 1. The van der Waals surface area contributed by atoms with Gasteiger partial charge in [-0.25, -0.2) is 32.5 Å². The molecule has 1 aliphatic carbocycles. The number of H-pyrrole nitrogens is 1. The normalized spacial score (nSPS) is 20.5. The third-order valence-corrected chi connectivity index (χ3v) is 7.86. The first kappa shape index (κ1) is 20.9. The lowest BCUT2D eigenvalue weighted by Gasteiger charge is -2.30. The maximum Gasteiger partial charge on any atom is 0.216 e. The first-order chi connectivity index (χ1) is 14.1. The van der Waals surface area contributed by atoms with Crippen molar-refractivity contribution in [3.63, 3.8) is 0 Å². The molecule has 2 N–H and O–H groups in total. The molecule has 0 atom stereocenters. The highest BCUT2D eigenvalue weighted by Gasteiger charge is 2.33. The summed E-state index contributed by atoms with van der Waals surface area (Å²) < 4.78 is 40.0. The van der Waals surface area contributed by atoms with Crippen molar-refractivity contribution in [1.29, 1.82) is 0 Å². The van der Waals surface area contributed by atoms with Crippen LogP contribution in [0.2, 0.25) is 0 Å². The highest BCUT2D eigenvalue weighted by atomic mass is 32.2. The van der Waals surface area contributed by atoms with Crippen molar-refractivity contribution in [3.8, 4) is 11.4 Å². The number of aromatic amines is 1. The zero-order valence-electron chi connectivity index (χ0n) is 17.3. The lowest BCUT2D eigenvalue weighted by atomic mass is 9.86. The molecule has 3 aromatic rings. The number of aromatic nitrogens is 4. The van der Waals surface area contributed by atoms with Crippen LogP contribution < -0.4 is 4.72 Å². The maximum atomic E-state index is 13.1. The van der Waals surface area contributed by atoms with Crippen molar-refractivity contribution >= 4 is 21.2 Å². The van der Waals surface area contributed by atoms with E-state index in [1.807, 2.05) is 0 Å². The quantitative estimate of drug-likeness (QED) is 0.652. The summed E-state index contributed by atoms with van der Waals surface area (Å²) in [7, 11) is -3.35. The molecule has 1 fully saturated rings. The summed E-state index contributed by atoms with van der Waals surface area (Å²) in [5, 5.41) is 0. The third kappa shape index (κ3) is 4.22. The van der Waals surface area contributed by atoms with E-state index in [9.17, 15) is 12.8 Å². The molecule has 160 valence electrons. The lowest BCUT2D eigenvalue weighted by molar-refractivity contribution is 0.364. The number of rotatable bonds is 4. The molecule has 1 aliphatic rings. The van der Waals surface area contributed by atoms with E-state index in [-0.39, 0.29) is 17.8 Å². The van der Waals surface area contributed by atoms with E-state index in [1.165, 1.54) is 12.1 Å². The van der Waals surface area contributed by atoms with E-state index in [0.29, 0.717) is 17.0 Å². The molecule has 4 rings (SSSR count). The minimum Gasteiger partial charge on any atom is -0.326 e. The molecular formula is C21H26FN5O2S. The van der Waals surface area contributed by atoms with Gasteiger partial charge in [0, 0.05) is 17.5 Å². The van der Waals surface area contributed by atoms with Gasteiger partial charge in [0.1, 0.15) is 17.2 Å². The summed E-state index contributed by atoms with van der Waals surface area (Å²) in [4.78, 5) is 16.8. The van der Waals surface area contributed by atoms with Crippen LogP contribution in [0.1, 0.15) is 58.2 Å². The van der Waals surface area contributed by atoms with Crippen molar-refractivity contribution in [2.75, 3.05) is 0 Å². The van der Waals surface area contributed by atoms with Crippen molar-refractivity contribution in [2.24, 2.45) is 0 Å². The molecule has 9 heteroatoms. The van der Waals surface area contributed by atoms with E-state index < -0.39 is 14.8 Å². The average Bonchev–Trinajstić information content (AvgIpc) is 3.11. The first-order valence-electron chi connectivity index (χ1n) is 10.1. The minimum atomic E-state index is -3.35. The van der Waals surface area contributed by atoms with Crippen LogP contribution >= 0.6 is 0 Å². The van der Waals surface area contributed by atoms with Gasteiger partial charge < -0.3 is 4.98 Å². The Morgan fingerprint density at radius 2 is 1.73 bits per heavy atom. The van der Waals surface area contributed by atoms with E-state index in [1.54, 1.807) is 39.1 Å². The van der Waals surface area contributed by atoms with Crippen LogP contribution in [0.5, 0.6) is 0 Å². The smallest absolute Gasteiger partial charge is 0.216 e. The zero-order valence-corrected chi connectivity index (χ0v) is 18.1. The number of imidazole rings is 1. The van der Waals surface area contributed by atoms with E-state index in [4.69, 9.17) is 0 Å². The average molecular weight is 432 g/mol. The van der Waals surface area contributed by atoms with Gasteiger partial charge >= 0.3 is 0 Å². The summed E-state index contributed by atoms with van der Waals surface area (Å²) in [6.45, 7) is 5.11. The van der Waals surface area contributed by atoms with Gasteiger partial charge in [0.15, 0.2) is 11.5 Å². The molecule has 0 amide bonds. The number of benzene rings is 1. The Balaban J connectivity index is 1.46. The fraction of sp³-hybridized carbons (Fsp3) is 0.476. The first-order valence-corrected chi connectivity index (χ1v) is 11.6. The molecule has 0 aliphatic heterocycles. The monoisotopic (exact) mass is 431 g/mol. The van der Waals surface area contributed by atoms with Crippen LogP contribution in [0, 0.1) is 5.82 Å². The fourth-order valence-electron chi connectivity index (χ4n) is 3.64. The molecule has 2 aromatic heterocycles. The molecule has 0 spiro atoms. The van der Waals surface area contributed by atoms with Crippen LogP contribution in [0.3, 0.4) is 0 Å². The largest absolute Gasteiger partial charge is 0.326 e. The molecule has 1 aromatic carbocycles. The molecule has 7 nitrogen and oxygen atoms in total. The summed E-state index contributed by atoms with van der Waals surface area (Å²) in [6.07, 6.45) is 4.89. The number of hydrogen-bond acceptors (Lipinski definition) is 5. The Hall–Kier alpha value is -2.39. The molecule has 1 saturated carbocycles. The molecule has 30 heavy (non-hydrogen) atoms. The Labute approximate surface area is 175 Å². The van der Waals surface area contributed by atoms with Gasteiger partial charge in [0.2, 0.25) is 10.0 Å². The highest BCUT2D eigenvalue weighted by molar-refractivity contribution is 7.90. The highest BCUT2D eigenvalue weighted by Crippen LogP contribution is 2.33. The van der Waals surface area contributed by atoms with Gasteiger partial charge in [-0.1, -0.05) is 0 Å². The van der Waals surface area contributed by atoms with E-state index in [2.05, 4.69) is 24.7 Å². The topological polar surface area (TPSA) is 101 Å². The van der Waals surface area contributed by atoms with Crippen LogP contribution in [0.15, 0.2) is 30.5 Å². The van der Waals surface area contributed by atoms with Crippen LogP contribution in [-0.2, 0) is 10.0 Å². The summed E-state index contributed by atoms with van der Waals surface area (Å²) in [5.41, 5.74) is 2.07. The third-order valence-electron chi connectivity index (χ3n) is 5.60. The number of nitrogens with zero attached hydrogens (tertiary/aromatic N) is 3. The predicted octanol–water partition coefficient (Wildman–Crippen LogP) is 3.90. The molecule has 0 unspecified atom stereocenters. The molecule has 2 heterocycles. The lowest BCUT2D eigenvalue weighted by Crippen LogP contribution is -2.45. The molecule has 0 bridgehead atoms. The van der Waals surface area contributed by atoms with Gasteiger partial charge in [-0.15, -0.1) is 0 Å². The summed E-state index contributed by atoms with van der Waals surface area (Å²) in [6, 6.07) is 6.02. The van der Waals surface area contributed by atoms with E-state index in [0.717, 1.165) is 37.1 Å². The summed E-state index contributed by atoms with van der Waals surface area (Å²) in [5.74, 6) is 1.29. The molecule has 0 radical (unpaired) electrons. The van der Waals surface area contributed by atoms with Crippen LogP contribution in [0.25, 0.3) is 22.6 Å². The van der Waals surface area contributed by atoms with E-state index >= 15 is 0 Å². The number of hydrogen-bond donors (Lipinski definition) is 2. The van der Waals surface area contributed by atoms with Gasteiger partial charge in [-0.3, -0.25) is 0 Å².